The Morgan fingerprint density at radius 1 is 1.27 bits per heavy atom. The quantitative estimate of drug-likeness (QED) is 0.182. The molecule has 4 aromatic rings. The molecule has 10 nitrogen and oxygen atoms in total. The summed E-state index contributed by atoms with van der Waals surface area (Å²) in [6.45, 7) is 6.63. The Morgan fingerprint density at radius 2 is 2.06 bits per heavy atom. The summed E-state index contributed by atoms with van der Waals surface area (Å²) < 4.78 is 86.0. The molecule has 1 aromatic carbocycles. The van der Waals surface area contributed by atoms with Gasteiger partial charge in [-0.3, -0.25) is 9.69 Å². The summed E-state index contributed by atoms with van der Waals surface area (Å²) in [5.74, 6) is -1.36. The fourth-order valence-corrected chi connectivity index (χ4v) is 8.34. The van der Waals surface area contributed by atoms with Gasteiger partial charge in [-0.1, -0.05) is 12.6 Å². The predicted molar refractivity (Wildman–Crippen MR) is 171 cm³/mol. The molecule has 49 heavy (non-hydrogen) atoms. The highest BCUT2D eigenvalue weighted by molar-refractivity contribution is 7.23. The number of nitrogen functional groups attached to an aromatic ring is 1. The van der Waals surface area contributed by atoms with Crippen LogP contribution in [0.25, 0.3) is 32.2 Å². The van der Waals surface area contributed by atoms with E-state index < -0.39 is 47.1 Å². The first-order chi connectivity index (χ1) is 23.3. The van der Waals surface area contributed by atoms with Crippen LogP contribution in [0.3, 0.4) is 0 Å². The van der Waals surface area contributed by atoms with Crippen LogP contribution in [0.4, 0.5) is 27.0 Å². The molecule has 0 aliphatic carbocycles. The van der Waals surface area contributed by atoms with Crippen LogP contribution in [0.5, 0.6) is 11.9 Å². The van der Waals surface area contributed by atoms with E-state index in [1.54, 1.807) is 6.92 Å². The summed E-state index contributed by atoms with van der Waals surface area (Å²) in [6.07, 6.45) is -3.35. The number of hydrogen-bond donors (Lipinski definition) is 1. The minimum absolute atomic E-state index is 0.0407. The number of aromatic nitrogens is 3. The highest BCUT2D eigenvalue weighted by atomic mass is 32.1. The summed E-state index contributed by atoms with van der Waals surface area (Å²) in [5.41, 5.74) is 2.92. The standard InChI is InChI=1S/C33H30F5N7O3S/c1-3-24(46)45-10-7-23(16(45)2)48-30-26-22(41-31(43-30)47-15-32-8-4-9-44(32)14-17(34)12-32)11-19(28(42-26)33(36,37)38)18-5-6-21(35)27-25(18)20(13-39)29(40)49-27/h3,5-6,11,16-17,23H,1,4,7-10,12,14-15,40H2,2H3. The van der Waals surface area contributed by atoms with Crippen LogP contribution in [-0.2, 0) is 11.0 Å². The minimum Gasteiger partial charge on any atom is -0.470 e. The van der Waals surface area contributed by atoms with E-state index in [0.29, 0.717) is 25.9 Å². The third kappa shape index (κ3) is 5.58. The summed E-state index contributed by atoms with van der Waals surface area (Å²) >= 11 is 0.756. The van der Waals surface area contributed by atoms with Gasteiger partial charge in [0.2, 0.25) is 11.8 Å². The Morgan fingerprint density at radius 3 is 2.80 bits per heavy atom. The lowest BCUT2D eigenvalue weighted by molar-refractivity contribution is -0.140. The van der Waals surface area contributed by atoms with Crippen molar-refractivity contribution in [2.75, 3.05) is 32.0 Å². The van der Waals surface area contributed by atoms with Gasteiger partial charge in [-0.15, -0.1) is 11.3 Å². The summed E-state index contributed by atoms with van der Waals surface area (Å²) in [7, 11) is 0. The van der Waals surface area contributed by atoms with Crippen molar-refractivity contribution in [2.24, 2.45) is 0 Å². The van der Waals surface area contributed by atoms with Crippen LogP contribution in [0, 0.1) is 17.1 Å². The number of halogens is 5. The number of likely N-dealkylation sites (tertiary alicyclic amines) is 1. The molecular weight excluding hydrogens is 669 g/mol. The van der Waals surface area contributed by atoms with E-state index in [1.165, 1.54) is 11.0 Å². The molecule has 0 spiro atoms. The minimum atomic E-state index is -5.02. The van der Waals surface area contributed by atoms with Gasteiger partial charge in [-0.2, -0.15) is 28.4 Å². The van der Waals surface area contributed by atoms with Crippen molar-refractivity contribution in [3.8, 4) is 29.1 Å². The topological polar surface area (TPSA) is 130 Å². The predicted octanol–water partition coefficient (Wildman–Crippen LogP) is 6.03. The summed E-state index contributed by atoms with van der Waals surface area (Å²) in [6, 6.07) is 4.47. The second kappa shape index (κ2) is 12.1. The Kier molecular flexibility index (Phi) is 8.10. The van der Waals surface area contributed by atoms with Crippen LogP contribution in [0.2, 0.25) is 0 Å². The number of nitrogens with two attached hydrogens (primary N) is 1. The molecule has 3 aliphatic heterocycles. The van der Waals surface area contributed by atoms with E-state index in [4.69, 9.17) is 15.2 Å². The number of nitrogens with zero attached hydrogens (tertiary/aromatic N) is 6. The second-order valence-electron chi connectivity index (χ2n) is 12.6. The second-order valence-corrected chi connectivity index (χ2v) is 13.7. The van der Waals surface area contributed by atoms with Gasteiger partial charge < -0.3 is 20.1 Å². The largest absolute Gasteiger partial charge is 0.470 e. The third-order valence-corrected chi connectivity index (χ3v) is 10.8. The summed E-state index contributed by atoms with van der Waals surface area (Å²) in [4.78, 5) is 28.8. The number of anilines is 1. The first-order valence-corrected chi connectivity index (χ1v) is 16.5. The SMILES string of the molecule is C=CC(=O)N1CCC(Oc2nc(OCC34CCCN3CC(F)C4)nc3cc(-c4ccc(F)c5sc(N)c(C#N)c45)c(C(F)(F)F)nc23)C1C. The number of amides is 1. The van der Waals surface area contributed by atoms with Crippen molar-refractivity contribution < 1.29 is 36.2 Å². The number of carbonyl (C=O) groups is 1. The highest BCUT2D eigenvalue weighted by Crippen LogP contribution is 2.46. The number of rotatable bonds is 7. The number of fused-ring (bicyclic) bond motifs is 3. The van der Waals surface area contributed by atoms with Gasteiger partial charge in [0, 0.05) is 36.9 Å². The number of benzene rings is 1. The van der Waals surface area contributed by atoms with Crippen LogP contribution in [-0.4, -0.2) is 80.8 Å². The van der Waals surface area contributed by atoms with Crippen molar-refractivity contribution in [1.82, 2.24) is 24.8 Å². The van der Waals surface area contributed by atoms with Crippen molar-refractivity contribution >= 4 is 43.4 Å². The number of hydrogen-bond acceptors (Lipinski definition) is 10. The fraction of sp³-hybridized carbons (Fsp3) is 0.424. The fourth-order valence-electron chi connectivity index (χ4n) is 7.39. The van der Waals surface area contributed by atoms with Crippen LogP contribution < -0.4 is 15.2 Å². The molecule has 4 unspecified atom stereocenters. The molecule has 256 valence electrons. The van der Waals surface area contributed by atoms with E-state index in [0.717, 1.165) is 36.0 Å². The van der Waals surface area contributed by atoms with Crippen molar-refractivity contribution in [3.63, 3.8) is 0 Å². The molecule has 7 rings (SSSR count). The van der Waals surface area contributed by atoms with E-state index in [2.05, 4.69) is 21.5 Å². The monoisotopic (exact) mass is 699 g/mol. The van der Waals surface area contributed by atoms with E-state index in [9.17, 15) is 32.0 Å². The Bertz CT molecular complexity index is 2050. The lowest BCUT2D eigenvalue weighted by atomic mass is 9.95. The van der Waals surface area contributed by atoms with E-state index in [-0.39, 0.29) is 74.6 Å². The molecule has 4 atom stereocenters. The molecule has 2 N–H and O–H groups in total. The average molecular weight is 700 g/mol. The molecule has 6 heterocycles. The maximum absolute atomic E-state index is 14.9. The third-order valence-electron chi connectivity index (χ3n) is 9.74. The zero-order valence-corrected chi connectivity index (χ0v) is 27.0. The zero-order chi connectivity index (χ0) is 34.8. The Labute approximate surface area is 280 Å². The maximum Gasteiger partial charge on any atom is 0.433 e. The van der Waals surface area contributed by atoms with Gasteiger partial charge in [-0.25, -0.2) is 13.8 Å². The normalized spacial score (nSPS) is 24.0. The molecule has 0 saturated carbocycles. The molecule has 0 bridgehead atoms. The van der Waals surface area contributed by atoms with Gasteiger partial charge in [0.15, 0.2) is 11.2 Å². The van der Waals surface area contributed by atoms with E-state index in [1.807, 2.05) is 11.0 Å². The Balaban J connectivity index is 1.39. The van der Waals surface area contributed by atoms with Gasteiger partial charge in [0.1, 0.15) is 41.3 Å². The molecule has 0 radical (unpaired) electrons. The number of ether oxygens (including phenoxy) is 2. The van der Waals surface area contributed by atoms with Crippen LogP contribution in [0.1, 0.15) is 43.9 Å². The first kappa shape index (κ1) is 32.9. The first-order valence-electron chi connectivity index (χ1n) is 15.7. The zero-order valence-electron chi connectivity index (χ0n) is 26.2. The molecule has 3 aliphatic rings. The van der Waals surface area contributed by atoms with Gasteiger partial charge in [-0.05, 0) is 50.1 Å². The summed E-state index contributed by atoms with van der Waals surface area (Å²) in [5, 5.41) is 9.68. The van der Waals surface area contributed by atoms with E-state index >= 15 is 0 Å². The number of alkyl halides is 4. The van der Waals surface area contributed by atoms with Crippen LogP contribution in [0.15, 0.2) is 30.9 Å². The molecular formula is C33H30F5N7O3S. The smallest absolute Gasteiger partial charge is 0.433 e. The van der Waals surface area contributed by atoms with Crippen LogP contribution >= 0.6 is 11.3 Å². The maximum atomic E-state index is 14.9. The van der Waals surface area contributed by atoms with Crippen molar-refractivity contribution in [1.29, 1.82) is 5.26 Å². The number of carbonyl (C=O) groups excluding carboxylic acids is 1. The highest BCUT2D eigenvalue weighted by Gasteiger charge is 2.49. The number of thiophene rings is 1. The molecule has 3 aromatic heterocycles. The molecule has 1 amide bonds. The molecule has 3 fully saturated rings. The lowest BCUT2D eigenvalue weighted by Gasteiger charge is -2.30. The Hall–Kier alpha value is -4.62. The van der Waals surface area contributed by atoms with Gasteiger partial charge in [0.25, 0.3) is 0 Å². The number of nitriles is 1. The lowest BCUT2D eigenvalue weighted by Crippen LogP contribution is -2.43. The number of pyridine rings is 1. The van der Waals surface area contributed by atoms with Gasteiger partial charge in [0.05, 0.1) is 21.8 Å². The van der Waals surface area contributed by atoms with Gasteiger partial charge >= 0.3 is 12.2 Å². The average Bonchev–Trinajstić information content (AvgIpc) is 3.80. The molecule has 3 saturated heterocycles. The van der Waals surface area contributed by atoms with Crippen molar-refractivity contribution in [3.05, 3.63) is 47.9 Å². The van der Waals surface area contributed by atoms with Crippen molar-refractivity contribution in [2.45, 2.75) is 62.6 Å². The molecule has 16 heteroatoms.